The van der Waals surface area contributed by atoms with E-state index in [1.54, 1.807) is 6.20 Å². The summed E-state index contributed by atoms with van der Waals surface area (Å²) in [6.45, 7) is 5.51. The molecule has 3 rings (SSSR count). The zero-order valence-corrected chi connectivity index (χ0v) is 13.2. The number of aliphatic hydroxyl groups excluding tert-OH is 1. The number of rotatable bonds is 4. The zero-order chi connectivity index (χ0) is 15.5. The van der Waals surface area contributed by atoms with Gasteiger partial charge in [-0.2, -0.15) is 0 Å². The largest absolute Gasteiger partial charge is 0.396 e. The van der Waals surface area contributed by atoms with Gasteiger partial charge >= 0.3 is 0 Å². The first-order valence-corrected chi connectivity index (χ1v) is 8.24. The molecule has 2 fully saturated rings. The highest BCUT2D eigenvalue weighted by Crippen LogP contribution is 2.22. The molecule has 1 aromatic rings. The van der Waals surface area contributed by atoms with Crippen molar-refractivity contribution in [1.29, 1.82) is 0 Å². The Hall–Kier alpha value is -1.69. The van der Waals surface area contributed by atoms with Crippen LogP contribution in [0.4, 0.5) is 5.95 Å². The molecule has 2 aliphatic heterocycles. The molecular formula is C16H24N4O2. The highest BCUT2D eigenvalue weighted by Gasteiger charge is 2.28. The van der Waals surface area contributed by atoms with Gasteiger partial charge in [-0.1, -0.05) is 6.92 Å². The topological polar surface area (TPSA) is 69.6 Å². The lowest BCUT2D eigenvalue weighted by atomic mass is 10.1. The Bertz CT molecular complexity index is 543. The minimum atomic E-state index is 0.000715. The van der Waals surface area contributed by atoms with Gasteiger partial charge in [-0.15, -0.1) is 0 Å². The molecule has 2 saturated heterocycles. The summed E-state index contributed by atoms with van der Waals surface area (Å²) < 4.78 is 0. The summed E-state index contributed by atoms with van der Waals surface area (Å²) in [6, 6.07) is 0. The number of aromatic nitrogens is 2. The molecule has 0 radical (unpaired) electrons. The predicted octanol–water partition coefficient (Wildman–Crippen LogP) is 1.09. The Balaban J connectivity index is 1.79. The normalized spacial score (nSPS) is 21.6. The van der Waals surface area contributed by atoms with Gasteiger partial charge in [-0.25, -0.2) is 9.97 Å². The first-order valence-electron chi connectivity index (χ1n) is 8.24. The molecule has 0 bridgehead atoms. The van der Waals surface area contributed by atoms with Crippen molar-refractivity contribution in [2.75, 3.05) is 37.7 Å². The van der Waals surface area contributed by atoms with Crippen molar-refractivity contribution in [2.24, 2.45) is 5.92 Å². The predicted molar refractivity (Wildman–Crippen MR) is 84.0 cm³/mol. The van der Waals surface area contributed by atoms with Crippen LogP contribution in [0.2, 0.25) is 0 Å². The lowest BCUT2D eigenvalue weighted by Gasteiger charge is -2.20. The quantitative estimate of drug-likeness (QED) is 0.902. The molecule has 6 heteroatoms. The molecule has 22 heavy (non-hydrogen) atoms. The summed E-state index contributed by atoms with van der Waals surface area (Å²) in [4.78, 5) is 25.7. The summed E-state index contributed by atoms with van der Waals surface area (Å²) in [5, 5.41) is 9.23. The number of hydrogen-bond acceptors (Lipinski definition) is 5. The number of aryl methyl sites for hydroxylation is 1. The fourth-order valence-corrected chi connectivity index (χ4v) is 3.26. The molecule has 0 spiro atoms. The van der Waals surface area contributed by atoms with E-state index in [4.69, 9.17) is 0 Å². The van der Waals surface area contributed by atoms with Crippen LogP contribution in [0, 0.1) is 5.92 Å². The fourth-order valence-electron chi connectivity index (χ4n) is 3.26. The van der Waals surface area contributed by atoms with Gasteiger partial charge in [0.25, 0.3) is 5.91 Å². The first kappa shape index (κ1) is 15.2. The van der Waals surface area contributed by atoms with Gasteiger partial charge in [0.1, 0.15) is 0 Å². The molecule has 0 aromatic carbocycles. The monoisotopic (exact) mass is 304 g/mol. The third-order valence-electron chi connectivity index (χ3n) is 4.64. The fraction of sp³-hybridized carbons (Fsp3) is 0.688. The third kappa shape index (κ3) is 2.92. The van der Waals surface area contributed by atoms with Crippen LogP contribution in [0.25, 0.3) is 0 Å². The maximum absolute atomic E-state index is 12.7. The van der Waals surface area contributed by atoms with Crippen molar-refractivity contribution in [3.63, 3.8) is 0 Å². The van der Waals surface area contributed by atoms with Crippen molar-refractivity contribution in [2.45, 2.75) is 32.6 Å². The van der Waals surface area contributed by atoms with Gasteiger partial charge < -0.3 is 14.9 Å². The van der Waals surface area contributed by atoms with Crippen LogP contribution in [-0.2, 0) is 6.42 Å². The molecule has 6 nitrogen and oxygen atoms in total. The number of amides is 1. The average Bonchev–Trinajstić information content (AvgIpc) is 3.24. The number of anilines is 1. The molecule has 2 aliphatic rings. The summed E-state index contributed by atoms with van der Waals surface area (Å²) in [6.07, 6.45) is 5.65. The average molecular weight is 304 g/mol. The summed E-state index contributed by atoms with van der Waals surface area (Å²) in [5.74, 6) is 0.958. The van der Waals surface area contributed by atoms with E-state index in [-0.39, 0.29) is 18.4 Å². The molecule has 0 saturated carbocycles. The number of hydrogen-bond donors (Lipinski definition) is 1. The molecule has 1 aromatic heterocycles. The van der Waals surface area contributed by atoms with Crippen LogP contribution < -0.4 is 4.90 Å². The summed E-state index contributed by atoms with van der Waals surface area (Å²) in [5.41, 5.74) is 1.44. The Kier molecular flexibility index (Phi) is 4.57. The first-order chi connectivity index (χ1) is 10.7. The maximum atomic E-state index is 12.7. The number of likely N-dealkylation sites (tertiary alicyclic amines) is 1. The van der Waals surface area contributed by atoms with Gasteiger partial charge in [-0.05, 0) is 25.7 Å². The van der Waals surface area contributed by atoms with Crippen molar-refractivity contribution in [3.05, 3.63) is 17.5 Å². The summed E-state index contributed by atoms with van der Waals surface area (Å²) in [7, 11) is 0. The van der Waals surface area contributed by atoms with Crippen LogP contribution in [0.5, 0.6) is 0 Å². The van der Waals surface area contributed by atoms with Crippen molar-refractivity contribution >= 4 is 11.9 Å². The van der Waals surface area contributed by atoms with Gasteiger partial charge in [-0.3, -0.25) is 4.79 Å². The third-order valence-corrected chi connectivity index (χ3v) is 4.64. The van der Waals surface area contributed by atoms with Gasteiger partial charge in [0.05, 0.1) is 11.3 Å². The minimum Gasteiger partial charge on any atom is -0.396 e. The highest BCUT2D eigenvalue weighted by molar-refractivity contribution is 5.95. The van der Waals surface area contributed by atoms with Gasteiger partial charge in [0.15, 0.2) is 0 Å². The van der Waals surface area contributed by atoms with Crippen LogP contribution in [0.1, 0.15) is 42.2 Å². The van der Waals surface area contributed by atoms with E-state index in [1.165, 1.54) is 12.8 Å². The summed E-state index contributed by atoms with van der Waals surface area (Å²) >= 11 is 0. The minimum absolute atomic E-state index is 0.000715. The van der Waals surface area contributed by atoms with E-state index in [0.29, 0.717) is 18.7 Å². The van der Waals surface area contributed by atoms with Crippen molar-refractivity contribution in [1.82, 2.24) is 14.9 Å². The van der Waals surface area contributed by atoms with Crippen LogP contribution in [0.3, 0.4) is 0 Å². The Morgan fingerprint density at radius 3 is 2.77 bits per heavy atom. The molecule has 1 amide bonds. The molecule has 0 aliphatic carbocycles. The Labute approximate surface area is 131 Å². The second-order valence-electron chi connectivity index (χ2n) is 6.17. The van der Waals surface area contributed by atoms with Crippen molar-refractivity contribution < 1.29 is 9.90 Å². The van der Waals surface area contributed by atoms with Crippen LogP contribution in [-0.4, -0.2) is 58.7 Å². The second kappa shape index (κ2) is 6.60. The van der Waals surface area contributed by atoms with Crippen LogP contribution >= 0.6 is 0 Å². The molecule has 120 valence electrons. The number of nitrogens with zero attached hydrogens (tertiary/aromatic N) is 4. The second-order valence-corrected chi connectivity index (χ2v) is 6.17. The lowest BCUT2D eigenvalue weighted by molar-refractivity contribution is 0.0780. The lowest BCUT2D eigenvalue weighted by Crippen LogP contribution is -2.31. The van der Waals surface area contributed by atoms with E-state index in [1.807, 2.05) is 11.8 Å². The highest BCUT2D eigenvalue weighted by atomic mass is 16.3. The van der Waals surface area contributed by atoms with E-state index in [9.17, 15) is 9.90 Å². The maximum Gasteiger partial charge on any atom is 0.257 e. The van der Waals surface area contributed by atoms with Gasteiger partial charge in [0.2, 0.25) is 5.95 Å². The number of carbonyl (C=O) groups excluding carboxylic acids is 1. The Morgan fingerprint density at radius 1 is 1.36 bits per heavy atom. The molecule has 1 N–H and O–H groups in total. The SMILES string of the molecule is CCc1nc(N2CCCC2)ncc1C(=O)N1CC[C@H](CO)C1. The van der Waals surface area contributed by atoms with Gasteiger partial charge in [0, 0.05) is 44.9 Å². The van der Waals surface area contributed by atoms with E-state index in [0.717, 1.165) is 37.6 Å². The van der Waals surface area contributed by atoms with E-state index in [2.05, 4.69) is 14.9 Å². The molecule has 0 unspecified atom stereocenters. The smallest absolute Gasteiger partial charge is 0.257 e. The van der Waals surface area contributed by atoms with E-state index < -0.39 is 0 Å². The Morgan fingerprint density at radius 2 is 2.14 bits per heavy atom. The van der Waals surface area contributed by atoms with E-state index >= 15 is 0 Å². The molecule has 1 atom stereocenters. The number of carbonyl (C=O) groups is 1. The van der Waals surface area contributed by atoms with Crippen LogP contribution in [0.15, 0.2) is 6.20 Å². The van der Waals surface area contributed by atoms with Crippen molar-refractivity contribution in [3.8, 4) is 0 Å². The zero-order valence-electron chi connectivity index (χ0n) is 13.2. The standard InChI is InChI=1S/C16H24N4O2/c1-2-14-13(15(22)20-8-5-12(10-20)11-21)9-17-16(18-14)19-6-3-4-7-19/h9,12,21H,2-8,10-11H2,1H3/t12-/m0/s1. The molecular weight excluding hydrogens is 280 g/mol. The molecule has 3 heterocycles. The number of aliphatic hydroxyl groups is 1.